The van der Waals surface area contributed by atoms with Crippen molar-refractivity contribution in [2.75, 3.05) is 20.8 Å². The van der Waals surface area contributed by atoms with Gasteiger partial charge < -0.3 is 40.5 Å². The Kier molecular flexibility index (Phi) is 35.0. The summed E-state index contributed by atoms with van der Waals surface area (Å²) in [7, 11) is 2.00. The fraction of sp³-hybridized carbons (Fsp3) is 1.00. The average molecular weight is 345 g/mol. The first-order valence-corrected chi connectivity index (χ1v) is 4.46. The molecule has 1 aliphatic heterocycles. The van der Waals surface area contributed by atoms with Gasteiger partial charge in [0.25, 0.3) is 0 Å². The Morgan fingerprint density at radius 2 is 1.16 bits per heavy atom. The molecule has 1 heterocycles. The first kappa shape index (κ1) is 33.0. The van der Waals surface area contributed by atoms with Crippen LogP contribution in [0.15, 0.2) is 0 Å². The number of hydrogen-bond acceptors (Lipinski definition) is 8. The summed E-state index contributed by atoms with van der Waals surface area (Å²) in [5, 5.41) is 58.7. The standard InChI is InChI=1S/C6H12O6.2CH4O.Mn.2Na/c7-1-2-3(8)4(9)5(10)6(11)12-2;2*1-2;;;/h2-11H,1H2;2*2H,1H3;;;/q;;;;2*+1/t2-,3-,4+,5-,6?;;;;;/m1...../s1. The summed E-state index contributed by atoms with van der Waals surface area (Å²) in [6.07, 6.45) is -7.04. The third-order valence-electron chi connectivity index (χ3n) is 1.87. The number of aliphatic hydroxyl groups excluding tert-OH is 7. The molecule has 7 N–H and O–H groups in total. The molecule has 0 aromatic rings. The first-order chi connectivity index (χ1) is 7.57. The minimum absolute atomic E-state index is 0. The van der Waals surface area contributed by atoms with E-state index < -0.39 is 37.3 Å². The van der Waals surface area contributed by atoms with Gasteiger partial charge in [-0.1, -0.05) is 0 Å². The predicted molar refractivity (Wildman–Crippen MR) is 52.3 cm³/mol. The second-order valence-corrected chi connectivity index (χ2v) is 2.72. The summed E-state index contributed by atoms with van der Waals surface area (Å²) in [4.78, 5) is 0. The van der Waals surface area contributed by atoms with Crippen LogP contribution in [-0.2, 0) is 21.8 Å². The van der Waals surface area contributed by atoms with E-state index in [9.17, 15) is 0 Å². The number of hydrogen-bond donors (Lipinski definition) is 7. The molecule has 0 aromatic heterocycles. The van der Waals surface area contributed by atoms with Crippen molar-refractivity contribution in [3.63, 3.8) is 0 Å². The van der Waals surface area contributed by atoms with E-state index in [0.29, 0.717) is 0 Å². The maximum Gasteiger partial charge on any atom is 1.00 e. The van der Waals surface area contributed by atoms with E-state index in [0.717, 1.165) is 14.2 Å². The van der Waals surface area contributed by atoms with Gasteiger partial charge in [0.1, 0.15) is 24.4 Å². The normalized spacial score (nSPS) is 31.7. The topological polar surface area (TPSA) is 151 Å². The number of aliphatic hydroxyl groups is 7. The van der Waals surface area contributed by atoms with E-state index in [1.54, 1.807) is 0 Å². The summed E-state index contributed by atoms with van der Waals surface area (Å²) >= 11 is 0. The molecule has 1 unspecified atom stereocenters. The van der Waals surface area contributed by atoms with E-state index in [2.05, 4.69) is 4.74 Å². The van der Waals surface area contributed by atoms with Crippen molar-refractivity contribution in [2.45, 2.75) is 30.7 Å². The number of rotatable bonds is 1. The maximum atomic E-state index is 9.12. The van der Waals surface area contributed by atoms with Crippen molar-refractivity contribution in [3.05, 3.63) is 0 Å². The quantitative estimate of drug-likeness (QED) is 0.232. The van der Waals surface area contributed by atoms with E-state index in [4.69, 9.17) is 35.7 Å². The van der Waals surface area contributed by atoms with Crippen LogP contribution in [0.5, 0.6) is 0 Å². The molecule has 107 valence electrons. The van der Waals surface area contributed by atoms with Crippen LogP contribution >= 0.6 is 0 Å². The minimum Gasteiger partial charge on any atom is -0.400 e. The molecule has 1 fully saturated rings. The van der Waals surface area contributed by atoms with Crippen LogP contribution in [0.4, 0.5) is 0 Å². The zero-order chi connectivity index (χ0) is 13.3. The summed E-state index contributed by atoms with van der Waals surface area (Å²) in [6.45, 7) is -0.526. The van der Waals surface area contributed by atoms with Crippen molar-refractivity contribution in [2.24, 2.45) is 0 Å². The maximum absolute atomic E-state index is 9.12. The summed E-state index contributed by atoms with van der Waals surface area (Å²) in [5.41, 5.74) is 0. The molecular formula is C8H20MnNa2O8+2. The van der Waals surface area contributed by atoms with Crippen molar-refractivity contribution >= 4 is 0 Å². The molecule has 0 amide bonds. The fourth-order valence-electron chi connectivity index (χ4n) is 1.08. The molecule has 0 aromatic carbocycles. The number of ether oxygens (including phenoxy) is 1. The summed E-state index contributed by atoms with van der Waals surface area (Å²) in [6, 6.07) is 0. The van der Waals surface area contributed by atoms with Crippen molar-refractivity contribution in [1.82, 2.24) is 0 Å². The van der Waals surface area contributed by atoms with Crippen LogP contribution in [0.3, 0.4) is 0 Å². The van der Waals surface area contributed by atoms with Gasteiger partial charge in [-0.3, -0.25) is 0 Å². The van der Waals surface area contributed by atoms with Crippen molar-refractivity contribution in [1.29, 1.82) is 0 Å². The third-order valence-corrected chi connectivity index (χ3v) is 1.87. The smallest absolute Gasteiger partial charge is 0.400 e. The van der Waals surface area contributed by atoms with Gasteiger partial charge in [0.15, 0.2) is 6.29 Å². The molecule has 11 heteroatoms. The van der Waals surface area contributed by atoms with Crippen LogP contribution in [0, 0.1) is 0 Å². The van der Waals surface area contributed by atoms with Gasteiger partial charge in [0, 0.05) is 31.3 Å². The Morgan fingerprint density at radius 3 is 1.47 bits per heavy atom. The Hall–Kier alpha value is 2.20. The average Bonchev–Trinajstić information content (AvgIpc) is 2.36. The molecule has 0 spiro atoms. The Morgan fingerprint density at radius 1 is 0.789 bits per heavy atom. The largest absolute Gasteiger partial charge is 1.00 e. The van der Waals surface area contributed by atoms with E-state index >= 15 is 0 Å². The minimum atomic E-state index is -1.57. The van der Waals surface area contributed by atoms with Gasteiger partial charge >= 0.3 is 59.1 Å². The van der Waals surface area contributed by atoms with Crippen molar-refractivity contribution < 1.29 is 117 Å². The SMILES string of the molecule is CO.CO.OC[C@H]1OC(O)[C@H](O)[C@@H](O)[C@@H]1O.[Mn].[Na+].[Na+]. The summed E-state index contributed by atoms with van der Waals surface area (Å²) in [5.74, 6) is 0. The van der Waals surface area contributed by atoms with Gasteiger partial charge in [-0.25, -0.2) is 0 Å². The van der Waals surface area contributed by atoms with Crippen LogP contribution in [-0.4, -0.2) is 87.3 Å². The molecule has 1 rings (SSSR count). The molecule has 1 aliphatic rings. The Labute approximate surface area is 166 Å². The van der Waals surface area contributed by atoms with Gasteiger partial charge in [-0.15, -0.1) is 0 Å². The van der Waals surface area contributed by atoms with Gasteiger partial charge in [-0.05, 0) is 0 Å². The second kappa shape index (κ2) is 20.2. The second-order valence-electron chi connectivity index (χ2n) is 2.72. The zero-order valence-electron chi connectivity index (χ0n) is 11.5. The monoisotopic (exact) mass is 345 g/mol. The van der Waals surface area contributed by atoms with Gasteiger partial charge in [-0.2, -0.15) is 0 Å². The van der Waals surface area contributed by atoms with E-state index in [1.165, 1.54) is 0 Å². The molecule has 1 radical (unpaired) electrons. The van der Waals surface area contributed by atoms with E-state index in [1.807, 2.05) is 0 Å². The van der Waals surface area contributed by atoms with Crippen LogP contribution in [0.1, 0.15) is 0 Å². The zero-order valence-corrected chi connectivity index (χ0v) is 16.7. The molecule has 8 nitrogen and oxygen atoms in total. The van der Waals surface area contributed by atoms with Crippen LogP contribution < -0.4 is 59.1 Å². The molecule has 5 atom stereocenters. The fourth-order valence-corrected chi connectivity index (χ4v) is 1.08. The third kappa shape index (κ3) is 11.4. The van der Waals surface area contributed by atoms with Gasteiger partial charge in [0.2, 0.25) is 0 Å². The molecule has 1 saturated heterocycles. The Balaban J connectivity index is -0.0000000855. The van der Waals surface area contributed by atoms with Gasteiger partial charge in [0.05, 0.1) is 6.61 Å². The molecule has 0 bridgehead atoms. The van der Waals surface area contributed by atoms with Crippen LogP contribution in [0.2, 0.25) is 0 Å². The Bertz CT molecular complexity index is 165. The predicted octanol–water partition coefficient (Wildman–Crippen LogP) is -10.00. The molecule has 19 heavy (non-hydrogen) atoms. The van der Waals surface area contributed by atoms with E-state index in [-0.39, 0.29) is 76.2 Å². The first-order valence-electron chi connectivity index (χ1n) is 4.46. The molecule has 0 saturated carbocycles. The summed E-state index contributed by atoms with van der Waals surface area (Å²) < 4.78 is 4.58. The van der Waals surface area contributed by atoms with Crippen LogP contribution in [0.25, 0.3) is 0 Å². The molecular weight excluding hydrogens is 325 g/mol. The van der Waals surface area contributed by atoms with Crippen molar-refractivity contribution in [3.8, 4) is 0 Å². The molecule has 0 aliphatic carbocycles.